The maximum atomic E-state index is 12.9. The van der Waals surface area contributed by atoms with Gasteiger partial charge >= 0.3 is 0 Å². The number of nitrogens with one attached hydrogen (secondary N) is 3. The van der Waals surface area contributed by atoms with Crippen LogP contribution in [0.25, 0.3) is 0 Å². The number of anilines is 1. The maximum absolute atomic E-state index is 12.9. The predicted molar refractivity (Wildman–Crippen MR) is 136 cm³/mol. The Labute approximate surface area is 206 Å². The first-order chi connectivity index (χ1) is 16.7. The van der Waals surface area contributed by atoms with Gasteiger partial charge in [-0.25, -0.2) is 8.42 Å². The lowest BCUT2D eigenvalue weighted by molar-refractivity contribution is -0.123. The lowest BCUT2D eigenvalue weighted by atomic mass is 10.0. The molecule has 1 fully saturated rings. The van der Waals surface area contributed by atoms with Crippen LogP contribution in [-0.4, -0.2) is 32.3 Å². The second kappa shape index (κ2) is 10.3. The number of aryl methyl sites for hydroxylation is 2. The molecular weight excluding hydrogens is 462 g/mol. The zero-order valence-corrected chi connectivity index (χ0v) is 20.6. The molecule has 8 heteroatoms. The molecule has 3 aromatic carbocycles. The number of carbonyl (C=O) groups is 2. The second-order valence-electron chi connectivity index (χ2n) is 8.95. The fraction of sp³-hybridized carbons (Fsp3) is 0.259. The average molecular weight is 492 g/mol. The van der Waals surface area contributed by atoms with Gasteiger partial charge in [0.25, 0.3) is 15.9 Å². The van der Waals surface area contributed by atoms with Crippen molar-refractivity contribution in [2.75, 3.05) is 4.72 Å². The minimum Gasteiger partial charge on any atom is -0.352 e. The summed E-state index contributed by atoms with van der Waals surface area (Å²) in [5.74, 6) is -0.608. The van der Waals surface area contributed by atoms with Crippen LogP contribution in [0.4, 0.5) is 5.69 Å². The summed E-state index contributed by atoms with van der Waals surface area (Å²) in [5, 5.41) is 5.79. The summed E-state index contributed by atoms with van der Waals surface area (Å²) in [6.07, 6.45) is 2.28. The molecule has 0 aliphatic heterocycles. The largest absolute Gasteiger partial charge is 0.352 e. The normalized spacial score (nSPS) is 14.1. The highest BCUT2D eigenvalue weighted by Crippen LogP contribution is 2.21. The lowest BCUT2D eigenvalue weighted by Gasteiger charge is -2.19. The summed E-state index contributed by atoms with van der Waals surface area (Å²) in [7, 11) is -3.77. The Morgan fingerprint density at radius 1 is 0.943 bits per heavy atom. The Morgan fingerprint density at radius 3 is 2.29 bits per heavy atom. The van der Waals surface area contributed by atoms with Gasteiger partial charge in [0.1, 0.15) is 6.04 Å². The molecule has 1 atom stereocenters. The van der Waals surface area contributed by atoms with Gasteiger partial charge in [-0.2, -0.15) is 0 Å². The highest BCUT2D eigenvalue weighted by molar-refractivity contribution is 7.92. The highest BCUT2D eigenvalue weighted by Gasteiger charge is 2.29. The molecule has 1 aliphatic rings. The molecule has 3 N–H and O–H groups in total. The van der Waals surface area contributed by atoms with Crippen molar-refractivity contribution < 1.29 is 18.0 Å². The molecule has 0 heterocycles. The number of carbonyl (C=O) groups excluding carboxylic acids is 2. The van der Waals surface area contributed by atoms with Crippen LogP contribution in [0.2, 0.25) is 0 Å². The van der Waals surface area contributed by atoms with Gasteiger partial charge in [-0.15, -0.1) is 0 Å². The molecule has 0 bridgehead atoms. The molecule has 0 saturated heterocycles. The van der Waals surface area contributed by atoms with E-state index in [4.69, 9.17) is 0 Å². The van der Waals surface area contributed by atoms with Crippen molar-refractivity contribution in [2.45, 2.75) is 50.1 Å². The van der Waals surface area contributed by atoms with Gasteiger partial charge in [-0.05, 0) is 73.7 Å². The molecule has 1 saturated carbocycles. The number of amides is 2. The molecule has 3 aromatic rings. The van der Waals surface area contributed by atoms with E-state index in [1.165, 1.54) is 24.3 Å². The minimum atomic E-state index is -3.77. The molecule has 7 nitrogen and oxygen atoms in total. The smallest absolute Gasteiger partial charge is 0.262 e. The SMILES string of the molecule is Cc1ccc(C)c(S(=O)(=O)Nc2ccc(C(=O)NC(Cc3ccccc3)C(=O)NC3CC3)cc2)c1. The van der Waals surface area contributed by atoms with E-state index in [0.29, 0.717) is 23.2 Å². The Kier molecular flexibility index (Phi) is 7.21. The summed E-state index contributed by atoms with van der Waals surface area (Å²) >= 11 is 0. The molecule has 1 unspecified atom stereocenters. The van der Waals surface area contributed by atoms with E-state index in [-0.39, 0.29) is 16.8 Å². The minimum absolute atomic E-state index is 0.182. The van der Waals surface area contributed by atoms with Crippen LogP contribution in [0.3, 0.4) is 0 Å². The summed E-state index contributed by atoms with van der Waals surface area (Å²) in [4.78, 5) is 25.9. The van der Waals surface area contributed by atoms with Crippen molar-refractivity contribution in [3.63, 3.8) is 0 Å². The monoisotopic (exact) mass is 491 g/mol. The molecule has 0 aromatic heterocycles. The topological polar surface area (TPSA) is 104 Å². The zero-order valence-electron chi connectivity index (χ0n) is 19.7. The van der Waals surface area contributed by atoms with Gasteiger partial charge in [-0.1, -0.05) is 42.5 Å². The van der Waals surface area contributed by atoms with Crippen molar-refractivity contribution in [1.29, 1.82) is 0 Å². The summed E-state index contributed by atoms with van der Waals surface area (Å²) in [6, 6.07) is 20.4. The Morgan fingerprint density at radius 2 is 1.63 bits per heavy atom. The standard InChI is InChI=1S/C27H29N3O4S/c1-18-8-9-19(2)25(16-18)35(33,34)30-23-12-10-21(11-13-23)26(31)29-24(27(32)28-22-14-15-22)17-20-6-4-3-5-7-20/h3-13,16,22,24,30H,14-15,17H2,1-2H3,(H,28,32)(H,29,31). The highest BCUT2D eigenvalue weighted by atomic mass is 32.2. The quantitative estimate of drug-likeness (QED) is 0.424. The first-order valence-corrected chi connectivity index (χ1v) is 13.0. The number of benzene rings is 3. The number of rotatable bonds is 9. The van der Waals surface area contributed by atoms with Crippen LogP contribution >= 0.6 is 0 Å². The van der Waals surface area contributed by atoms with Gasteiger partial charge in [0.05, 0.1) is 4.90 Å². The van der Waals surface area contributed by atoms with E-state index in [0.717, 1.165) is 24.0 Å². The fourth-order valence-corrected chi connectivity index (χ4v) is 5.12. The van der Waals surface area contributed by atoms with Crippen LogP contribution in [0.5, 0.6) is 0 Å². The number of sulfonamides is 1. The van der Waals surface area contributed by atoms with E-state index in [1.54, 1.807) is 19.1 Å². The molecule has 2 amide bonds. The molecule has 182 valence electrons. The van der Waals surface area contributed by atoms with Crippen LogP contribution in [-0.2, 0) is 21.2 Å². The third-order valence-electron chi connectivity index (χ3n) is 5.86. The zero-order chi connectivity index (χ0) is 25.0. The second-order valence-corrected chi connectivity index (χ2v) is 10.6. The predicted octanol–water partition coefficient (Wildman–Crippen LogP) is 3.72. The van der Waals surface area contributed by atoms with E-state index in [2.05, 4.69) is 15.4 Å². The van der Waals surface area contributed by atoms with Gasteiger partial charge in [0.15, 0.2) is 0 Å². The molecule has 0 radical (unpaired) electrons. The first-order valence-electron chi connectivity index (χ1n) is 11.6. The third-order valence-corrected chi connectivity index (χ3v) is 7.38. The van der Waals surface area contributed by atoms with Crippen molar-refractivity contribution >= 4 is 27.5 Å². The third kappa shape index (κ3) is 6.48. The Hall–Kier alpha value is -3.65. The van der Waals surface area contributed by atoms with Gasteiger partial charge in [0, 0.05) is 23.7 Å². The van der Waals surface area contributed by atoms with Crippen molar-refractivity contribution in [2.24, 2.45) is 0 Å². The number of hydrogen-bond donors (Lipinski definition) is 3. The molecule has 4 rings (SSSR count). The molecule has 1 aliphatic carbocycles. The van der Waals surface area contributed by atoms with Gasteiger partial charge < -0.3 is 10.6 Å². The van der Waals surface area contributed by atoms with Crippen LogP contribution < -0.4 is 15.4 Å². The number of hydrogen-bond acceptors (Lipinski definition) is 4. The Balaban J connectivity index is 1.45. The summed E-state index contributed by atoms with van der Waals surface area (Å²) in [6.45, 7) is 3.58. The summed E-state index contributed by atoms with van der Waals surface area (Å²) in [5.41, 5.74) is 3.11. The van der Waals surface area contributed by atoms with Crippen LogP contribution in [0.15, 0.2) is 77.7 Å². The van der Waals surface area contributed by atoms with Crippen molar-refractivity contribution in [3.05, 3.63) is 95.1 Å². The van der Waals surface area contributed by atoms with E-state index < -0.39 is 22.0 Å². The van der Waals surface area contributed by atoms with E-state index in [1.807, 2.05) is 43.3 Å². The molecular formula is C27H29N3O4S. The van der Waals surface area contributed by atoms with Gasteiger partial charge in [0.2, 0.25) is 5.91 Å². The average Bonchev–Trinajstić information content (AvgIpc) is 3.65. The molecule has 35 heavy (non-hydrogen) atoms. The van der Waals surface area contributed by atoms with E-state index in [9.17, 15) is 18.0 Å². The maximum Gasteiger partial charge on any atom is 0.262 e. The summed E-state index contributed by atoms with van der Waals surface area (Å²) < 4.78 is 28.3. The fourth-order valence-electron chi connectivity index (χ4n) is 3.73. The van der Waals surface area contributed by atoms with E-state index >= 15 is 0 Å². The molecule has 0 spiro atoms. The van der Waals surface area contributed by atoms with Crippen LogP contribution in [0.1, 0.15) is 39.9 Å². The first kappa shape index (κ1) is 24.5. The van der Waals surface area contributed by atoms with Crippen molar-refractivity contribution in [1.82, 2.24) is 10.6 Å². The van der Waals surface area contributed by atoms with Crippen LogP contribution in [0, 0.1) is 13.8 Å². The van der Waals surface area contributed by atoms with Crippen molar-refractivity contribution in [3.8, 4) is 0 Å². The van der Waals surface area contributed by atoms with Gasteiger partial charge in [-0.3, -0.25) is 14.3 Å². The lowest BCUT2D eigenvalue weighted by Crippen LogP contribution is -2.48. The Bertz CT molecular complexity index is 1320.